The second-order valence-corrected chi connectivity index (χ2v) is 6.23. The number of rotatable bonds is 8. The molecule has 112 valence electrons. The third kappa shape index (κ3) is 6.65. The Kier molecular flexibility index (Phi) is 6.63. The van der Waals surface area contributed by atoms with Gasteiger partial charge in [-0.25, -0.2) is 4.72 Å². The monoisotopic (exact) mass is 299 g/mol. The summed E-state index contributed by atoms with van der Waals surface area (Å²) in [6.45, 7) is 1.63. The summed E-state index contributed by atoms with van der Waals surface area (Å²) in [5.41, 5.74) is 1.21. The predicted octanol–water partition coefficient (Wildman–Crippen LogP) is 0.178. The third-order valence-electron chi connectivity index (χ3n) is 2.81. The van der Waals surface area contributed by atoms with E-state index >= 15 is 0 Å². The van der Waals surface area contributed by atoms with Crippen molar-refractivity contribution >= 4 is 16.1 Å². The topological polar surface area (TPSA) is 87.3 Å². The molecular formula is C13H21N3O3S. The molecule has 0 aliphatic carbocycles. The summed E-state index contributed by atoms with van der Waals surface area (Å²) in [7, 11) is -2.29. The maximum absolute atomic E-state index is 11.6. The van der Waals surface area contributed by atoms with E-state index in [0.717, 1.165) is 12.8 Å². The van der Waals surface area contributed by atoms with Gasteiger partial charge in [-0.1, -0.05) is 30.3 Å². The van der Waals surface area contributed by atoms with Crippen LogP contribution in [0.2, 0.25) is 0 Å². The maximum Gasteiger partial charge on any atom is 0.277 e. The van der Waals surface area contributed by atoms with Crippen molar-refractivity contribution in [3.8, 4) is 0 Å². The van der Waals surface area contributed by atoms with Gasteiger partial charge < -0.3 is 5.32 Å². The molecule has 1 amide bonds. The smallest absolute Gasteiger partial charge is 0.277 e. The molecule has 7 heteroatoms. The maximum atomic E-state index is 11.6. The molecule has 0 saturated heterocycles. The Bertz CT molecular complexity index is 517. The van der Waals surface area contributed by atoms with E-state index in [1.54, 1.807) is 0 Å². The molecule has 0 aromatic heterocycles. The highest BCUT2D eigenvalue weighted by molar-refractivity contribution is 7.87. The van der Waals surface area contributed by atoms with Gasteiger partial charge in [-0.05, 0) is 25.3 Å². The van der Waals surface area contributed by atoms with E-state index in [-0.39, 0.29) is 18.5 Å². The van der Waals surface area contributed by atoms with Crippen molar-refractivity contribution in [2.24, 2.45) is 0 Å². The Hall–Kier alpha value is -1.44. The van der Waals surface area contributed by atoms with Crippen molar-refractivity contribution in [3.05, 3.63) is 35.9 Å². The molecule has 20 heavy (non-hydrogen) atoms. The van der Waals surface area contributed by atoms with Crippen LogP contribution in [0.1, 0.15) is 18.9 Å². The first kappa shape index (κ1) is 16.6. The van der Waals surface area contributed by atoms with Crippen molar-refractivity contribution < 1.29 is 13.2 Å². The summed E-state index contributed by atoms with van der Waals surface area (Å²) >= 11 is 0. The van der Waals surface area contributed by atoms with E-state index < -0.39 is 10.2 Å². The van der Waals surface area contributed by atoms with Gasteiger partial charge in [0, 0.05) is 13.1 Å². The van der Waals surface area contributed by atoms with Gasteiger partial charge in [-0.15, -0.1) is 0 Å². The number of hydrogen-bond acceptors (Lipinski definition) is 3. The fraction of sp³-hybridized carbons (Fsp3) is 0.462. The van der Waals surface area contributed by atoms with E-state index in [1.165, 1.54) is 12.6 Å². The minimum absolute atomic E-state index is 0.0122. The first-order valence-corrected chi connectivity index (χ1v) is 7.92. The highest BCUT2D eigenvalue weighted by Crippen LogP contribution is 2.04. The normalized spacial score (nSPS) is 12.9. The van der Waals surface area contributed by atoms with Gasteiger partial charge in [-0.3, -0.25) is 4.79 Å². The molecule has 0 radical (unpaired) electrons. The molecule has 0 spiro atoms. The number of carbonyl (C=O) groups excluding carboxylic acids is 1. The Labute approximate surface area is 120 Å². The van der Waals surface area contributed by atoms with Crippen molar-refractivity contribution in [2.75, 3.05) is 13.6 Å². The van der Waals surface area contributed by atoms with Gasteiger partial charge in [0.05, 0.1) is 6.54 Å². The van der Waals surface area contributed by atoms with Crippen LogP contribution < -0.4 is 14.8 Å². The van der Waals surface area contributed by atoms with E-state index in [2.05, 4.69) is 14.8 Å². The molecule has 6 nitrogen and oxygen atoms in total. The van der Waals surface area contributed by atoms with Crippen LogP contribution in [0, 0.1) is 0 Å². The van der Waals surface area contributed by atoms with Crippen LogP contribution in [0.25, 0.3) is 0 Å². The summed E-state index contributed by atoms with van der Waals surface area (Å²) in [6, 6.07) is 9.98. The molecule has 1 atom stereocenters. The van der Waals surface area contributed by atoms with Crippen LogP contribution in [-0.2, 0) is 21.4 Å². The van der Waals surface area contributed by atoms with Gasteiger partial charge in [0.2, 0.25) is 5.91 Å². The number of carbonyl (C=O) groups is 1. The molecule has 1 aromatic rings. The number of hydrogen-bond donors (Lipinski definition) is 3. The molecule has 0 aliphatic heterocycles. The zero-order chi connectivity index (χ0) is 15.0. The Balaban J connectivity index is 2.28. The predicted molar refractivity (Wildman–Crippen MR) is 78.3 cm³/mol. The van der Waals surface area contributed by atoms with Crippen LogP contribution in [0.15, 0.2) is 30.3 Å². The van der Waals surface area contributed by atoms with Crippen LogP contribution in [-0.4, -0.2) is 34.0 Å². The highest BCUT2D eigenvalue weighted by atomic mass is 32.2. The van der Waals surface area contributed by atoms with Gasteiger partial charge in [-0.2, -0.15) is 13.1 Å². The van der Waals surface area contributed by atoms with Crippen LogP contribution in [0.5, 0.6) is 0 Å². The van der Waals surface area contributed by atoms with E-state index in [0.29, 0.717) is 0 Å². The zero-order valence-electron chi connectivity index (χ0n) is 11.7. The van der Waals surface area contributed by atoms with Crippen molar-refractivity contribution in [1.29, 1.82) is 0 Å². The standard InChI is InChI=1S/C13H21N3O3S/c1-11(8-9-12-6-4-3-5-7-12)16-13(17)10-15-20(18,19)14-2/h3-7,11,14-15H,8-10H2,1-2H3,(H,16,17)/t11-/m0/s1. The molecule has 0 fully saturated rings. The van der Waals surface area contributed by atoms with Gasteiger partial charge in [0.1, 0.15) is 0 Å². The lowest BCUT2D eigenvalue weighted by Gasteiger charge is -2.14. The molecule has 3 N–H and O–H groups in total. The van der Waals surface area contributed by atoms with Crippen molar-refractivity contribution in [1.82, 2.24) is 14.8 Å². The Morgan fingerprint density at radius 2 is 1.90 bits per heavy atom. The third-order valence-corrected chi connectivity index (χ3v) is 3.87. The SMILES string of the molecule is CNS(=O)(=O)NCC(=O)N[C@@H](C)CCc1ccccc1. The molecule has 0 heterocycles. The summed E-state index contributed by atoms with van der Waals surface area (Å²) in [4.78, 5) is 11.6. The average Bonchev–Trinajstić information content (AvgIpc) is 2.44. The minimum atomic E-state index is -3.57. The number of amides is 1. The first-order valence-electron chi connectivity index (χ1n) is 6.44. The van der Waals surface area contributed by atoms with Crippen molar-refractivity contribution in [2.45, 2.75) is 25.8 Å². The van der Waals surface area contributed by atoms with Crippen LogP contribution in [0.4, 0.5) is 0 Å². The fourth-order valence-electron chi connectivity index (χ4n) is 1.66. The lowest BCUT2D eigenvalue weighted by Crippen LogP contribution is -2.43. The molecular weight excluding hydrogens is 278 g/mol. The molecule has 1 aromatic carbocycles. The van der Waals surface area contributed by atoms with Gasteiger partial charge >= 0.3 is 0 Å². The zero-order valence-corrected chi connectivity index (χ0v) is 12.5. The molecule has 0 bridgehead atoms. The molecule has 0 unspecified atom stereocenters. The molecule has 0 saturated carbocycles. The lowest BCUT2D eigenvalue weighted by atomic mass is 10.1. The summed E-state index contributed by atoms with van der Waals surface area (Å²) in [5, 5.41) is 2.75. The largest absolute Gasteiger partial charge is 0.353 e. The summed E-state index contributed by atoms with van der Waals surface area (Å²) in [6.07, 6.45) is 1.67. The Morgan fingerprint density at radius 3 is 2.50 bits per heavy atom. The second-order valence-electron chi connectivity index (χ2n) is 4.52. The summed E-state index contributed by atoms with van der Waals surface area (Å²) in [5.74, 6) is -0.343. The van der Waals surface area contributed by atoms with Crippen LogP contribution in [0.3, 0.4) is 0 Å². The minimum Gasteiger partial charge on any atom is -0.353 e. The first-order chi connectivity index (χ1) is 9.43. The molecule has 1 rings (SSSR count). The lowest BCUT2D eigenvalue weighted by molar-refractivity contribution is -0.120. The van der Waals surface area contributed by atoms with Crippen LogP contribution >= 0.6 is 0 Å². The highest BCUT2D eigenvalue weighted by Gasteiger charge is 2.11. The Morgan fingerprint density at radius 1 is 1.25 bits per heavy atom. The number of nitrogens with one attached hydrogen (secondary N) is 3. The van der Waals surface area contributed by atoms with Crippen molar-refractivity contribution in [3.63, 3.8) is 0 Å². The van der Waals surface area contributed by atoms with E-state index in [9.17, 15) is 13.2 Å². The average molecular weight is 299 g/mol. The van der Waals surface area contributed by atoms with Gasteiger partial charge in [0.25, 0.3) is 10.2 Å². The second kappa shape index (κ2) is 7.98. The molecule has 0 aliphatic rings. The van der Waals surface area contributed by atoms with E-state index in [4.69, 9.17) is 0 Å². The number of benzene rings is 1. The number of aryl methyl sites for hydroxylation is 1. The quantitative estimate of drug-likeness (QED) is 0.640. The summed E-state index contributed by atoms with van der Waals surface area (Å²) < 4.78 is 26.4. The van der Waals surface area contributed by atoms with E-state index in [1.807, 2.05) is 37.3 Å². The van der Waals surface area contributed by atoms with Gasteiger partial charge in [0.15, 0.2) is 0 Å². The fourth-order valence-corrected chi connectivity index (χ4v) is 2.12.